The zero-order valence-corrected chi connectivity index (χ0v) is 19.1. The summed E-state index contributed by atoms with van der Waals surface area (Å²) in [5, 5.41) is 35.1. The summed E-state index contributed by atoms with van der Waals surface area (Å²) in [5.74, 6) is -3.11. The standard InChI is InChI=1S/C16H34N7O5P/c1-9(2)16(6,13(25)26)22-29(27,20-11(5)12(24)28-10(3)4)21-14(17)19-15(18)23(7)8/h9-11H,1-8H3,(H,25,26)(H6,17,18,19,20,21,22,27)/t11-,16?,29?/m0/s1. The predicted octanol–water partition coefficient (Wildman–Crippen LogP) is 0.723. The molecule has 0 saturated carbocycles. The summed E-state index contributed by atoms with van der Waals surface area (Å²) in [4.78, 5) is 25.3. The van der Waals surface area contributed by atoms with Crippen molar-refractivity contribution in [3.05, 3.63) is 0 Å². The number of esters is 1. The number of carboxylic acids is 1. The van der Waals surface area contributed by atoms with Gasteiger partial charge in [-0.25, -0.2) is 10.2 Å². The summed E-state index contributed by atoms with van der Waals surface area (Å²) in [6, 6.07) is -1.07. The second-order valence-corrected chi connectivity index (χ2v) is 9.50. The highest BCUT2D eigenvalue weighted by atomic mass is 31.2. The van der Waals surface area contributed by atoms with Crippen molar-refractivity contribution >= 4 is 31.5 Å². The average Bonchev–Trinajstić information content (AvgIpc) is 2.52. The van der Waals surface area contributed by atoms with E-state index in [1.54, 1.807) is 41.8 Å². The summed E-state index contributed by atoms with van der Waals surface area (Å²) in [7, 11) is -0.934. The zero-order valence-electron chi connectivity index (χ0n) is 18.2. The molecule has 2 unspecified atom stereocenters. The Morgan fingerprint density at radius 1 is 1.14 bits per heavy atom. The molecule has 0 aromatic carbocycles. The van der Waals surface area contributed by atoms with Crippen molar-refractivity contribution in [1.82, 2.24) is 25.5 Å². The monoisotopic (exact) mass is 435 g/mol. The maximum atomic E-state index is 13.5. The molecule has 3 atom stereocenters. The Balaban J connectivity index is 5.76. The van der Waals surface area contributed by atoms with Crippen molar-refractivity contribution in [2.24, 2.45) is 5.92 Å². The van der Waals surface area contributed by atoms with Crippen LogP contribution in [0.4, 0.5) is 0 Å². The van der Waals surface area contributed by atoms with E-state index in [0.29, 0.717) is 0 Å². The Bertz CT molecular complexity index is 683. The van der Waals surface area contributed by atoms with E-state index in [1.807, 2.05) is 0 Å². The third kappa shape index (κ3) is 8.38. The van der Waals surface area contributed by atoms with Gasteiger partial charge in [-0.3, -0.25) is 35.4 Å². The number of hydrogen-bond acceptors (Lipinski definition) is 6. The van der Waals surface area contributed by atoms with Crippen molar-refractivity contribution < 1.29 is 24.0 Å². The van der Waals surface area contributed by atoms with E-state index in [1.165, 1.54) is 18.7 Å². The van der Waals surface area contributed by atoms with Crippen LogP contribution >= 0.6 is 7.59 Å². The third-order valence-electron chi connectivity index (χ3n) is 4.03. The number of aliphatic carboxylic acids is 1. The minimum Gasteiger partial charge on any atom is -0.480 e. The topological polar surface area (TPSA) is 180 Å². The Morgan fingerprint density at radius 3 is 2.03 bits per heavy atom. The molecule has 29 heavy (non-hydrogen) atoms. The Kier molecular flexibility index (Phi) is 9.77. The molecule has 168 valence electrons. The average molecular weight is 435 g/mol. The van der Waals surface area contributed by atoms with Crippen LogP contribution in [0, 0.1) is 16.7 Å². The highest BCUT2D eigenvalue weighted by Gasteiger charge is 2.44. The molecule has 0 rings (SSSR count). The van der Waals surface area contributed by atoms with Gasteiger partial charge in [0, 0.05) is 14.1 Å². The number of carboxylic acid groups (broad SMARTS) is 1. The van der Waals surface area contributed by atoms with Gasteiger partial charge in [0.2, 0.25) is 5.96 Å². The number of ether oxygens (including phenoxy) is 1. The molecule has 0 saturated heterocycles. The smallest absolute Gasteiger partial charge is 0.324 e. The van der Waals surface area contributed by atoms with E-state index in [9.17, 15) is 19.3 Å². The number of guanidine groups is 2. The fourth-order valence-electron chi connectivity index (χ4n) is 1.92. The number of nitrogens with zero attached hydrogens (tertiary/aromatic N) is 1. The van der Waals surface area contributed by atoms with Crippen molar-refractivity contribution in [3.63, 3.8) is 0 Å². The maximum absolute atomic E-state index is 13.5. The van der Waals surface area contributed by atoms with Gasteiger partial charge in [-0.1, -0.05) is 13.8 Å². The normalized spacial score (nSPS) is 16.3. The molecule has 13 heteroatoms. The van der Waals surface area contributed by atoms with E-state index in [2.05, 4.69) is 20.6 Å². The number of carbonyl (C=O) groups excluding carboxylic acids is 1. The molecule has 0 amide bonds. The lowest BCUT2D eigenvalue weighted by molar-refractivity contribution is -0.149. The summed E-state index contributed by atoms with van der Waals surface area (Å²) < 4.78 is 18.6. The van der Waals surface area contributed by atoms with Crippen molar-refractivity contribution in [2.45, 2.75) is 59.2 Å². The van der Waals surface area contributed by atoms with Crippen LogP contribution in [0.1, 0.15) is 41.5 Å². The molecule has 0 aromatic heterocycles. The fraction of sp³-hybridized carbons (Fsp3) is 0.750. The summed E-state index contributed by atoms with van der Waals surface area (Å²) in [6.45, 7) is 9.35. The number of rotatable bonds is 9. The van der Waals surface area contributed by atoms with Crippen LogP contribution in [0.15, 0.2) is 0 Å². The molecule has 12 nitrogen and oxygen atoms in total. The Hall–Kier alpha value is -2.17. The lowest BCUT2D eigenvalue weighted by Gasteiger charge is -2.36. The molecule has 0 spiro atoms. The van der Waals surface area contributed by atoms with Crippen LogP contribution in [0.5, 0.6) is 0 Å². The van der Waals surface area contributed by atoms with Gasteiger partial charge in [0.25, 0.3) is 0 Å². The van der Waals surface area contributed by atoms with E-state index in [-0.39, 0.29) is 5.96 Å². The van der Waals surface area contributed by atoms with Crippen LogP contribution in [-0.2, 0) is 18.9 Å². The lowest BCUT2D eigenvalue weighted by Crippen LogP contribution is -2.58. The molecule has 0 aromatic rings. The van der Waals surface area contributed by atoms with Crippen molar-refractivity contribution in [2.75, 3.05) is 14.1 Å². The molecule has 0 radical (unpaired) electrons. The number of carbonyl (C=O) groups is 2. The third-order valence-corrected chi connectivity index (χ3v) is 6.10. The second-order valence-electron chi connectivity index (χ2n) is 7.57. The van der Waals surface area contributed by atoms with Gasteiger partial charge in [0.05, 0.1) is 6.10 Å². The Labute approximate surface area is 171 Å². The van der Waals surface area contributed by atoms with Crippen LogP contribution in [-0.4, -0.2) is 65.6 Å². The van der Waals surface area contributed by atoms with Gasteiger partial charge in [-0.05, 0) is 33.6 Å². The van der Waals surface area contributed by atoms with Gasteiger partial charge in [0.15, 0.2) is 5.96 Å². The largest absolute Gasteiger partial charge is 0.480 e. The first-order chi connectivity index (χ1) is 13.0. The van der Waals surface area contributed by atoms with Crippen LogP contribution in [0.25, 0.3) is 0 Å². The molecular weight excluding hydrogens is 401 g/mol. The minimum atomic E-state index is -4.08. The minimum absolute atomic E-state index is 0.161. The van der Waals surface area contributed by atoms with Crippen LogP contribution < -0.4 is 20.6 Å². The number of hydrogen-bond donors (Lipinski definition) is 7. The van der Waals surface area contributed by atoms with Gasteiger partial charge < -0.3 is 14.7 Å². The second kappa shape index (κ2) is 10.6. The van der Waals surface area contributed by atoms with Crippen LogP contribution in [0.2, 0.25) is 0 Å². The quantitative estimate of drug-likeness (QED) is 0.118. The van der Waals surface area contributed by atoms with E-state index < -0.39 is 49.1 Å². The molecule has 0 bridgehead atoms. The fourth-order valence-corrected chi connectivity index (χ4v) is 4.13. The summed E-state index contributed by atoms with van der Waals surface area (Å²) >= 11 is 0. The summed E-state index contributed by atoms with van der Waals surface area (Å²) in [5.41, 5.74) is -1.65. The van der Waals surface area contributed by atoms with E-state index in [0.717, 1.165) is 0 Å². The zero-order chi connectivity index (χ0) is 23.2. The first kappa shape index (κ1) is 26.8. The maximum Gasteiger partial charge on any atom is 0.324 e. The van der Waals surface area contributed by atoms with E-state index >= 15 is 0 Å². The van der Waals surface area contributed by atoms with Gasteiger partial charge in [-0.15, -0.1) is 0 Å². The molecule has 0 aliphatic carbocycles. The first-order valence-electron chi connectivity index (χ1n) is 9.05. The highest BCUT2D eigenvalue weighted by molar-refractivity contribution is 7.58. The van der Waals surface area contributed by atoms with Gasteiger partial charge in [0.1, 0.15) is 11.6 Å². The van der Waals surface area contributed by atoms with Gasteiger partial charge >= 0.3 is 19.5 Å². The first-order valence-corrected chi connectivity index (χ1v) is 10.8. The number of nitrogens with one attached hydrogen (secondary N) is 6. The summed E-state index contributed by atoms with van der Waals surface area (Å²) in [6.07, 6.45) is -0.396. The molecule has 7 N–H and O–H groups in total. The van der Waals surface area contributed by atoms with Crippen LogP contribution in [0.3, 0.4) is 0 Å². The SMILES string of the molecule is CC(C)OC(=O)[C@H](C)NP(=O)(NC(=N)NC(=N)N(C)C)NC(C)(C(=O)O)C(C)C. The molecule has 0 heterocycles. The highest BCUT2D eigenvalue weighted by Crippen LogP contribution is 2.37. The Morgan fingerprint density at radius 2 is 1.66 bits per heavy atom. The molecule has 0 aliphatic heterocycles. The van der Waals surface area contributed by atoms with E-state index in [4.69, 9.17) is 15.6 Å². The molecular formula is C16H34N7O5P. The van der Waals surface area contributed by atoms with Crippen molar-refractivity contribution in [3.8, 4) is 0 Å². The predicted molar refractivity (Wildman–Crippen MR) is 111 cm³/mol. The van der Waals surface area contributed by atoms with Gasteiger partial charge in [-0.2, -0.15) is 0 Å². The molecule has 0 aliphatic rings. The van der Waals surface area contributed by atoms with Crippen molar-refractivity contribution in [1.29, 1.82) is 10.8 Å². The molecule has 0 fully saturated rings. The lowest BCUT2D eigenvalue weighted by atomic mass is 9.90.